The van der Waals surface area contributed by atoms with Crippen LogP contribution in [0.2, 0.25) is 0 Å². The van der Waals surface area contributed by atoms with Crippen molar-refractivity contribution in [1.29, 1.82) is 5.26 Å². The smallest absolute Gasteiger partial charge is 0.263 e. The van der Waals surface area contributed by atoms with Gasteiger partial charge in [-0.25, -0.2) is 0 Å². The van der Waals surface area contributed by atoms with Gasteiger partial charge in [0.2, 0.25) is 5.91 Å². The lowest BCUT2D eigenvalue weighted by atomic mass is 10.2. The lowest BCUT2D eigenvalue weighted by Crippen LogP contribution is -2.29. The van der Waals surface area contributed by atoms with Gasteiger partial charge in [-0.2, -0.15) is 5.26 Å². The number of anilines is 2. The third-order valence-corrected chi connectivity index (χ3v) is 2.93. The molecule has 6 nitrogen and oxygen atoms in total. The zero-order valence-electron chi connectivity index (χ0n) is 12.8. The number of benzene rings is 1. The van der Waals surface area contributed by atoms with Gasteiger partial charge in [0, 0.05) is 25.4 Å². The van der Waals surface area contributed by atoms with Crippen LogP contribution in [0, 0.1) is 11.3 Å². The Morgan fingerprint density at radius 3 is 2.73 bits per heavy atom. The van der Waals surface area contributed by atoms with Gasteiger partial charge in [-0.15, -0.1) is 0 Å². The van der Waals surface area contributed by atoms with E-state index in [1.54, 1.807) is 24.3 Å². The van der Waals surface area contributed by atoms with Crippen LogP contribution in [0.3, 0.4) is 0 Å². The number of rotatable bonds is 6. The first-order valence-corrected chi connectivity index (χ1v) is 7.05. The molecule has 0 spiro atoms. The number of amides is 2. The Kier molecular flexibility index (Phi) is 6.64. The zero-order chi connectivity index (χ0) is 16.5. The molecule has 1 aromatic carbocycles. The molecule has 116 valence electrons. The van der Waals surface area contributed by atoms with Crippen LogP contribution in [-0.2, 0) is 9.59 Å². The Bertz CT molecular complexity index is 617. The summed E-state index contributed by atoms with van der Waals surface area (Å²) in [6.45, 7) is 3.85. The standard InChI is InChI=1S/C16H20N4O2/c1-3-4-8-19-16(22)13(10-17)11-20(12(2)21)15-7-5-6-14(18)9-15/h5-7,9,11H,3-4,8,18H2,1-2H3,(H,19,22)/b13-11-. The molecule has 0 heterocycles. The molecule has 0 aliphatic heterocycles. The monoisotopic (exact) mass is 300 g/mol. The predicted octanol–water partition coefficient (Wildman–Crippen LogP) is 1.95. The lowest BCUT2D eigenvalue weighted by molar-refractivity contribution is -0.117. The first-order chi connectivity index (χ1) is 10.5. The number of hydrogen-bond donors (Lipinski definition) is 2. The summed E-state index contributed by atoms with van der Waals surface area (Å²) in [4.78, 5) is 25.0. The van der Waals surface area contributed by atoms with Crippen LogP contribution in [0.4, 0.5) is 11.4 Å². The molecule has 2 amide bonds. The van der Waals surface area contributed by atoms with Crippen molar-refractivity contribution in [2.75, 3.05) is 17.2 Å². The van der Waals surface area contributed by atoms with Gasteiger partial charge in [0.15, 0.2) is 0 Å². The Morgan fingerprint density at radius 2 is 2.18 bits per heavy atom. The number of carbonyl (C=O) groups excluding carboxylic acids is 2. The second kappa shape index (κ2) is 8.47. The summed E-state index contributed by atoms with van der Waals surface area (Å²) in [6, 6.07) is 8.49. The van der Waals surface area contributed by atoms with Crippen LogP contribution >= 0.6 is 0 Å². The molecule has 0 radical (unpaired) electrons. The van der Waals surface area contributed by atoms with Crippen molar-refractivity contribution in [3.05, 3.63) is 36.0 Å². The number of unbranched alkanes of at least 4 members (excludes halogenated alkanes) is 1. The quantitative estimate of drug-likeness (QED) is 0.363. The van der Waals surface area contributed by atoms with E-state index in [9.17, 15) is 9.59 Å². The fourth-order valence-electron chi connectivity index (χ4n) is 1.76. The number of carbonyl (C=O) groups is 2. The third-order valence-electron chi connectivity index (χ3n) is 2.93. The summed E-state index contributed by atoms with van der Waals surface area (Å²) in [5, 5.41) is 11.8. The van der Waals surface area contributed by atoms with E-state index in [1.807, 2.05) is 13.0 Å². The minimum absolute atomic E-state index is 0.131. The van der Waals surface area contributed by atoms with Crippen LogP contribution in [0.15, 0.2) is 36.0 Å². The van der Waals surface area contributed by atoms with Crippen LogP contribution in [0.5, 0.6) is 0 Å². The maximum Gasteiger partial charge on any atom is 0.263 e. The largest absolute Gasteiger partial charge is 0.399 e. The fraction of sp³-hybridized carbons (Fsp3) is 0.312. The third kappa shape index (κ3) is 4.94. The van der Waals surface area contributed by atoms with Crippen molar-refractivity contribution in [3.8, 4) is 6.07 Å². The average molecular weight is 300 g/mol. The zero-order valence-corrected chi connectivity index (χ0v) is 12.8. The summed E-state index contributed by atoms with van der Waals surface area (Å²) in [5.74, 6) is -0.814. The Labute approximate surface area is 130 Å². The van der Waals surface area contributed by atoms with Crippen molar-refractivity contribution in [1.82, 2.24) is 5.32 Å². The van der Waals surface area contributed by atoms with Crippen molar-refractivity contribution >= 4 is 23.2 Å². The van der Waals surface area contributed by atoms with E-state index in [1.165, 1.54) is 18.0 Å². The molecule has 0 atom stereocenters. The number of nitrogen functional groups attached to an aromatic ring is 1. The van der Waals surface area contributed by atoms with Gasteiger partial charge in [0.25, 0.3) is 5.91 Å². The maximum absolute atomic E-state index is 11.9. The number of nitrogens with one attached hydrogen (secondary N) is 1. The second-order valence-corrected chi connectivity index (χ2v) is 4.75. The molecule has 6 heteroatoms. The van der Waals surface area contributed by atoms with Gasteiger partial charge >= 0.3 is 0 Å². The molecular formula is C16H20N4O2. The summed E-state index contributed by atoms with van der Waals surface area (Å²) in [6.07, 6.45) is 3.00. The van der Waals surface area contributed by atoms with Gasteiger partial charge in [-0.3, -0.25) is 14.5 Å². The molecular weight excluding hydrogens is 280 g/mol. The molecule has 0 aliphatic carbocycles. The Balaban J connectivity index is 3.02. The van der Waals surface area contributed by atoms with Crippen molar-refractivity contribution in [2.24, 2.45) is 0 Å². The van der Waals surface area contributed by atoms with E-state index in [2.05, 4.69) is 5.32 Å². The van der Waals surface area contributed by atoms with Crippen LogP contribution in [-0.4, -0.2) is 18.4 Å². The minimum Gasteiger partial charge on any atom is -0.399 e. The Morgan fingerprint density at radius 1 is 1.45 bits per heavy atom. The Hall–Kier alpha value is -2.81. The summed E-state index contributed by atoms with van der Waals surface area (Å²) in [7, 11) is 0. The normalized spacial score (nSPS) is 10.7. The molecule has 1 rings (SSSR count). The molecule has 0 aromatic heterocycles. The number of nitrogens with two attached hydrogens (primary N) is 1. The van der Waals surface area contributed by atoms with Crippen LogP contribution in [0.1, 0.15) is 26.7 Å². The molecule has 1 aromatic rings. The van der Waals surface area contributed by atoms with Crippen LogP contribution < -0.4 is 16.0 Å². The second-order valence-electron chi connectivity index (χ2n) is 4.75. The van der Waals surface area contributed by atoms with E-state index in [-0.39, 0.29) is 11.5 Å². The molecule has 0 aliphatic rings. The van der Waals surface area contributed by atoms with Crippen molar-refractivity contribution in [2.45, 2.75) is 26.7 Å². The fourth-order valence-corrected chi connectivity index (χ4v) is 1.76. The van der Waals surface area contributed by atoms with E-state index in [0.29, 0.717) is 17.9 Å². The molecule has 22 heavy (non-hydrogen) atoms. The van der Waals surface area contributed by atoms with Crippen molar-refractivity contribution in [3.63, 3.8) is 0 Å². The van der Waals surface area contributed by atoms with E-state index >= 15 is 0 Å². The summed E-state index contributed by atoms with van der Waals surface area (Å²) < 4.78 is 0. The van der Waals surface area contributed by atoms with Gasteiger partial charge in [0.1, 0.15) is 11.6 Å². The number of nitrogens with zero attached hydrogens (tertiary/aromatic N) is 2. The van der Waals surface area contributed by atoms with Gasteiger partial charge in [0.05, 0.1) is 5.69 Å². The van der Waals surface area contributed by atoms with E-state index < -0.39 is 5.91 Å². The minimum atomic E-state index is -0.494. The topological polar surface area (TPSA) is 99.2 Å². The number of nitriles is 1. The van der Waals surface area contributed by atoms with E-state index in [0.717, 1.165) is 12.8 Å². The molecule has 0 saturated carbocycles. The first-order valence-electron chi connectivity index (χ1n) is 7.05. The molecule has 0 unspecified atom stereocenters. The number of hydrogen-bond acceptors (Lipinski definition) is 4. The molecule has 0 fully saturated rings. The highest BCUT2D eigenvalue weighted by atomic mass is 16.2. The predicted molar refractivity (Wildman–Crippen MR) is 85.6 cm³/mol. The lowest BCUT2D eigenvalue weighted by Gasteiger charge is -2.17. The molecule has 0 bridgehead atoms. The SMILES string of the molecule is CCCCNC(=O)/C(C#N)=C\N(C(C)=O)c1cccc(N)c1. The van der Waals surface area contributed by atoms with Crippen LogP contribution in [0.25, 0.3) is 0 Å². The van der Waals surface area contributed by atoms with Gasteiger partial charge < -0.3 is 11.1 Å². The highest BCUT2D eigenvalue weighted by Gasteiger charge is 2.15. The van der Waals surface area contributed by atoms with Gasteiger partial charge in [-0.1, -0.05) is 19.4 Å². The summed E-state index contributed by atoms with van der Waals surface area (Å²) in [5.41, 5.74) is 6.56. The first kappa shape index (κ1) is 17.2. The van der Waals surface area contributed by atoms with E-state index in [4.69, 9.17) is 11.0 Å². The highest BCUT2D eigenvalue weighted by Crippen LogP contribution is 2.19. The highest BCUT2D eigenvalue weighted by molar-refractivity contribution is 6.01. The average Bonchev–Trinajstić information content (AvgIpc) is 2.48. The molecule has 3 N–H and O–H groups in total. The maximum atomic E-state index is 11.9. The molecule has 0 saturated heterocycles. The van der Waals surface area contributed by atoms with Crippen molar-refractivity contribution < 1.29 is 9.59 Å². The van der Waals surface area contributed by atoms with Gasteiger partial charge in [-0.05, 0) is 24.6 Å². The summed E-state index contributed by atoms with van der Waals surface area (Å²) >= 11 is 0.